The Kier molecular flexibility index (Phi) is 9.43. The summed E-state index contributed by atoms with van der Waals surface area (Å²) in [5.41, 5.74) is 3.05. The van der Waals surface area contributed by atoms with Gasteiger partial charge in [0.1, 0.15) is 11.8 Å². The van der Waals surface area contributed by atoms with E-state index < -0.39 is 71.6 Å². The number of hydrogen-bond donors (Lipinski definition) is 10. The first kappa shape index (κ1) is 31.9. The van der Waals surface area contributed by atoms with Crippen LogP contribution in [0.1, 0.15) is 51.9 Å². The van der Waals surface area contributed by atoms with Crippen molar-refractivity contribution in [1.29, 1.82) is 0 Å². The Bertz CT molecular complexity index is 951. The van der Waals surface area contributed by atoms with Crippen molar-refractivity contribution < 1.29 is 40.9 Å². The van der Waals surface area contributed by atoms with Crippen LogP contribution in [0.3, 0.4) is 0 Å². The normalized spacial score (nSPS) is 51.6. The van der Waals surface area contributed by atoms with E-state index >= 15 is 0 Å². The van der Waals surface area contributed by atoms with Crippen molar-refractivity contribution in [2.75, 3.05) is 14.1 Å². The SMILES string of the molecule is CC1CCC(SC(O)NC2=CC(N(C)C)C3C[C@H]4C[C@H]5CC(O)C(C(N)O)C(O)[C@@]5(O)C(O)C4C(O)C3C2O)CC1. The van der Waals surface area contributed by atoms with Crippen LogP contribution in [0, 0.1) is 41.4 Å². The van der Waals surface area contributed by atoms with Gasteiger partial charge in [0.15, 0.2) is 5.56 Å². The molecular formula is C29H51N3O8S. The third kappa shape index (κ3) is 5.61. The second-order valence-corrected chi connectivity index (χ2v) is 15.3. The molecule has 5 aliphatic carbocycles. The first-order chi connectivity index (χ1) is 19.2. The van der Waals surface area contributed by atoms with Crippen LogP contribution in [0.25, 0.3) is 0 Å². The topological polar surface area (TPSA) is 203 Å². The molecule has 12 unspecified atom stereocenters. The average molecular weight is 602 g/mol. The molecular weight excluding hydrogens is 550 g/mol. The molecule has 41 heavy (non-hydrogen) atoms. The fraction of sp³-hybridized carbons (Fsp3) is 0.931. The monoisotopic (exact) mass is 601 g/mol. The number of nitrogens with zero attached hydrogens (tertiary/aromatic N) is 1. The maximum atomic E-state index is 11.8. The van der Waals surface area contributed by atoms with Crippen LogP contribution in [-0.2, 0) is 0 Å². The molecule has 0 radical (unpaired) electrons. The fourth-order valence-corrected chi connectivity index (χ4v) is 10.2. The smallest absolute Gasteiger partial charge is 0.173 e. The lowest BCUT2D eigenvalue weighted by molar-refractivity contribution is -0.293. The standard InChI is InChI=1S/C29H51N3O8S/c1-12-4-6-15(7-5-12)41-28(39)31-17-11-18(32(2)3)16-9-13-8-14-10-19(33)22(27(30)38)26(37)29(14,40)25(36)20(13)24(35)21(16)23(17)34/h11-16,18-28,31,33-40H,4-10,30H2,1-3H3/t12?,13-,14+,15?,16?,18?,19?,20?,21?,22?,23?,24?,25?,26?,27?,28?,29+/m1/s1. The van der Waals surface area contributed by atoms with Crippen LogP contribution in [-0.4, -0.2) is 119 Å². The van der Waals surface area contributed by atoms with Crippen LogP contribution in [0.5, 0.6) is 0 Å². The van der Waals surface area contributed by atoms with Crippen molar-refractivity contribution in [2.45, 2.75) is 111 Å². The summed E-state index contributed by atoms with van der Waals surface area (Å²) >= 11 is 1.46. The van der Waals surface area contributed by atoms with Gasteiger partial charge in [-0.1, -0.05) is 6.92 Å². The Morgan fingerprint density at radius 2 is 1.63 bits per heavy atom. The molecule has 0 amide bonds. The van der Waals surface area contributed by atoms with Gasteiger partial charge in [-0.15, -0.1) is 11.8 Å². The molecule has 0 aromatic carbocycles. The van der Waals surface area contributed by atoms with Gasteiger partial charge in [0.2, 0.25) is 0 Å². The highest BCUT2D eigenvalue weighted by molar-refractivity contribution is 8.00. The van der Waals surface area contributed by atoms with Gasteiger partial charge in [-0.3, -0.25) is 0 Å². The van der Waals surface area contributed by atoms with E-state index in [9.17, 15) is 40.9 Å². The highest BCUT2D eigenvalue weighted by Gasteiger charge is 2.67. The molecule has 0 heterocycles. The molecule has 0 aromatic rings. The van der Waals surface area contributed by atoms with Crippen molar-refractivity contribution in [3.63, 3.8) is 0 Å². The molecule has 15 atom stereocenters. The predicted molar refractivity (Wildman–Crippen MR) is 154 cm³/mol. The number of nitrogens with one attached hydrogen (secondary N) is 1. The molecule has 236 valence electrons. The van der Waals surface area contributed by atoms with Crippen molar-refractivity contribution in [3.8, 4) is 0 Å². The molecule has 5 rings (SSSR count). The highest BCUT2D eigenvalue weighted by Crippen LogP contribution is 2.57. The first-order valence-electron chi connectivity index (χ1n) is 15.3. The van der Waals surface area contributed by atoms with Gasteiger partial charge >= 0.3 is 0 Å². The lowest BCUT2D eigenvalue weighted by Gasteiger charge is -2.62. The minimum absolute atomic E-state index is 0.0557. The van der Waals surface area contributed by atoms with Crippen molar-refractivity contribution in [3.05, 3.63) is 11.8 Å². The van der Waals surface area contributed by atoms with Gasteiger partial charge < -0.3 is 56.8 Å². The summed E-state index contributed by atoms with van der Waals surface area (Å²) in [5.74, 6) is -3.14. The lowest BCUT2D eigenvalue weighted by Crippen LogP contribution is -2.74. The summed E-state index contributed by atoms with van der Waals surface area (Å²) in [6.45, 7) is 2.25. The number of likely N-dealkylation sites (N-methyl/N-ethyl adjacent to an activating group) is 1. The van der Waals surface area contributed by atoms with Gasteiger partial charge in [0.25, 0.3) is 0 Å². The van der Waals surface area contributed by atoms with E-state index in [1.807, 2.05) is 25.1 Å². The maximum Gasteiger partial charge on any atom is 0.173 e. The van der Waals surface area contributed by atoms with Crippen LogP contribution < -0.4 is 11.1 Å². The van der Waals surface area contributed by atoms with Gasteiger partial charge in [0.05, 0.1) is 36.4 Å². The number of aliphatic hydroxyl groups is 8. The minimum atomic E-state index is -2.08. The third-order valence-electron chi connectivity index (χ3n) is 11.3. The first-order valence-corrected chi connectivity index (χ1v) is 16.2. The second-order valence-electron chi connectivity index (χ2n) is 13.9. The highest BCUT2D eigenvalue weighted by atomic mass is 32.2. The van der Waals surface area contributed by atoms with E-state index in [0.29, 0.717) is 29.7 Å². The molecule has 11 N–H and O–H groups in total. The zero-order valence-electron chi connectivity index (χ0n) is 24.3. The molecule has 5 aliphatic rings. The molecule has 0 aromatic heterocycles. The quantitative estimate of drug-likeness (QED) is 0.162. The van der Waals surface area contributed by atoms with Crippen LogP contribution in [0.2, 0.25) is 0 Å². The number of fused-ring (bicyclic) bond motifs is 3. The summed E-state index contributed by atoms with van der Waals surface area (Å²) in [5, 5.41) is 92.9. The zero-order chi connectivity index (χ0) is 30.0. The Morgan fingerprint density at radius 3 is 2.24 bits per heavy atom. The van der Waals surface area contributed by atoms with E-state index in [2.05, 4.69) is 12.2 Å². The summed E-state index contributed by atoms with van der Waals surface area (Å²) in [7, 11) is 3.86. The summed E-state index contributed by atoms with van der Waals surface area (Å²) in [6, 6.07) is -0.161. The number of rotatable bonds is 6. The van der Waals surface area contributed by atoms with E-state index in [1.54, 1.807) is 0 Å². The average Bonchev–Trinajstić information content (AvgIpc) is 2.88. The molecule has 0 spiro atoms. The maximum absolute atomic E-state index is 11.8. The van der Waals surface area contributed by atoms with Crippen LogP contribution in [0.4, 0.5) is 0 Å². The van der Waals surface area contributed by atoms with Gasteiger partial charge in [-0.05, 0) is 88.8 Å². The molecule has 11 nitrogen and oxygen atoms in total. The number of nitrogens with two attached hydrogens (primary N) is 1. The van der Waals surface area contributed by atoms with Crippen LogP contribution >= 0.6 is 11.8 Å². The molecule has 4 fully saturated rings. The Hall–Kier alpha value is -0.510. The van der Waals surface area contributed by atoms with Crippen LogP contribution in [0.15, 0.2) is 11.8 Å². The van der Waals surface area contributed by atoms with E-state index in [-0.39, 0.29) is 24.3 Å². The summed E-state index contributed by atoms with van der Waals surface area (Å²) in [4.78, 5) is 2.03. The Labute approximate surface area is 246 Å². The van der Waals surface area contributed by atoms with Gasteiger partial charge in [0, 0.05) is 28.8 Å². The summed E-state index contributed by atoms with van der Waals surface area (Å²) < 4.78 is 0. The van der Waals surface area contributed by atoms with Crippen molar-refractivity contribution in [1.82, 2.24) is 10.2 Å². The van der Waals surface area contributed by atoms with Gasteiger partial charge in [-0.2, -0.15) is 0 Å². The zero-order valence-corrected chi connectivity index (χ0v) is 25.1. The Morgan fingerprint density at radius 1 is 0.976 bits per heavy atom. The Balaban J connectivity index is 1.38. The largest absolute Gasteiger partial charge is 0.393 e. The predicted octanol–water partition coefficient (Wildman–Crippen LogP) is -1.29. The summed E-state index contributed by atoms with van der Waals surface area (Å²) in [6.07, 6.45) is -1.12. The molecule has 0 bridgehead atoms. The number of thioether (sulfide) groups is 1. The second kappa shape index (κ2) is 12.1. The van der Waals surface area contributed by atoms with Crippen molar-refractivity contribution in [2.24, 2.45) is 47.2 Å². The van der Waals surface area contributed by atoms with Crippen molar-refractivity contribution >= 4 is 11.8 Å². The fourth-order valence-electron chi connectivity index (χ4n) is 9.13. The lowest BCUT2D eigenvalue weighted by atomic mass is 9.48. The number of hydrogen-bond acceptors (Lipinski definition) is 12. The third-order valence-corrected chi connectivity index (χ3v) is 12.6. The molecule has 0 saturated heterocycles. The van der Waals surface area contributed by atoms with Gasteiger partial charge in [-0.25, -0.2) is 0 Å². The van der Waals surface area contributed by atoms with E-state index in [1.165, 1.54) is 11.8 Å². The molecule has 0 aliphatic heterocycles. The van der Waals surface area contributed by atoms with E-state index in [4.69, 9.17) is 5.73 Å². The minimum Gasteiger partial charge on any atom is -0.393 e. The van der Waals surface area contributed by atoms with E-state index in [0.717, 1.165) is 25.7 Å². The molecule has 4 saturated carbocycles. The molecule has 12 heteroatoms. The number of aliphatic hydroxyl groups excluding tert-OH is 7.